The lowest BCUT2D eigenvalue weighted by Gasteiger charge is -2.51. The van der Waals surface area contributed by atoms with E-state index in [4.69, 9.17) is 15.2 Å². The van der Waals surface area contributed by atoms with Crippen LogP contribution in [0.1, 0.15) is 41.0 Å². The molecular formula is C15H26N4O2. The van der Waals surface area contributed by atoms with Crippen LogP contribution >= 0.6 is 0 Å². The maximum absolute atomic E-state index is 6.10. The molecule has 1 aliphatic carbocycles. The summed E-state index contributed by atoms with van der Waals surface area (Å²) < 4.78 is 11.3. The zero-order valence-electron chi connectivity index (χ0n) is 13.5. The van der Waals surface area contributed by atoms with Gasteiger partial charge in [0, 0.05) is 18.1 Å². The Hall–Kier alpha value is -1.56. The Morgan fingerprint density at radius 3 is 2.71 bits per heavy atom. The molecule has 21 heavy (non-hydrogen) atoms. The van der Waals surface area contributed by atoms with Gasteiger partial charge in [-0.1, -0.05) is 13.8 Å². The first kappa shape index (κ1) is 15.8. The van der Waals surface area contributed by atoms with E-state index in [0.29, 0.717) is 17.4 Å². The Kier molecular flexibility index (Phi) is 4.56. The molecule has 1 aromatic heterocycles. The van der Waals surface area contributed by atoms with E-state index >= 15 is 0 Å². The van der Waals surface area contributed by atoms with Crippen LogP contribution < -0.4 is 15.8 Å². The van der Waals surface area contributed by atoms with Crippen molar-refractivity contribution in [3.8, 4) is 5.88 Å². The van der Waals surface area contributed by atoms with E-state index in [2.05, 4.69) is 29.1 Å². The molecule has 6 nitrogen and oxygen atoms in total. The van der Waals surface area contributed by atoms with Gasteiger partial charge in [0.1, 0.15) is 12.0 Å². The lowest BCUT2D eigenvalue weighted by molar-refractivity contribution is -0.0976. The number of hydrogen-bond acceptors (Lipinski definition) is 6. The third-order valence-corrected chi connectivity index (χ3v) is 4.05. The number of nitrogens with two attached hydrogens (primary N) is 1. The summed E-state index contributed by atoms with van der Waals surface area (Å²) in [5.74, 6) is 1.06. The van der Waals surface area contributed by atoms with Gasteiger partial charge in [-0.2, -0.15) is 4.98 Å². The molecule has 2 unspecified atom stereocenters. The number of hydrogen-bond donors (Lipinski definition) is 2. The van der Waals surface area contributed by atoms with Gasteiger partial charge in [-0.15, -0.1) is 0 Å². The summed E-state index contributed by atoms with van der Waals surface area (Å²) in [6.45, 7) is 11.0. The van der Waals surface area contributed by atoms with Crippen LogP contribution in [0.25, 0.3) is 0 Å². The molecule has 1 saturated carbocycles. The van der Waals surface area contributed by atoms with Gasteiger partial charge < -0.3 is 20.5 Å². The zero-order valence-corrected chi connectivity index (χ0v) is 13.5. The first-order valence-electron chi connectivity index (χ1n) is 7.51. The van der Waals surface area contributed by atoms with E-state index in [1.54, 1.807) is 0 Å². The van der Waals surface area contributed by atoms with Gasteiger partial charge >= 0.3 is 0 Å². The molecule has 1 aromatic rings. The zero-order chi connectivity index (χ0) is 15.6. The highest BCUT2D eigenvalue weighted by Crippen LogP contribution is 2.44. The fraction of sp³-hybridized carbons (Fsp3) is 0.733. The summed E-state index contributed by atoms with van der Waals surface area (Å²) >= 11 is 0. The summed E-state index contributed by atoms with van der Waals surface area (Å²) in [7, 11) is 0. The van der Waals surface area contributed by atoms with Crippen molar-refractivity contribution in [2.24, 2.45) is 5.41 Å². The van der Waals surface area contributed by atoms with Crippen LogP contribution in [0.3, 0.4) is 0 Å². The predicted octanol–water partition coefficient (Wildman–Crippen LogP) is 2.46. The summed E-state index contributed by atoms with van der Waals surface area (Å²) in [4.78, 5) is 8.32. The molecule has 0 saturated heterocycles. The largest absolute Gasteiger partial charge is 0.473 e. The quantitative estimate of drug-likeness (QED) is 0.838. The smallest absolute Gasteiger partial charge is 0.242 e. The second-order valence-electron chi connectivity index (χ2n) is 6.31. The molecule has 6 heteroatoms. The second kappa shape index (κ2) is 6.05. The van der Waals surface area contributed by atoms with E-state index in [9.17, 15) is 0 Å². The van der Waals surface area contributed by atoms with Crippen molar-refractivity contribution in [3.63, 3.8) is 0 Å². The standard InChI is InChI=1S/C15H26N4O2/c1-6-20-11-7-10(15(11,4)5)19-13-12(16)14(18-8-17-13)21-9(2)3/h8-11H,6-7,16H2,1-5H3,(H,17,18,19). The lowest BCUT2D eigenvalue weighted by Crippen LogP contribution is -2.58. The van der Waals surface area contributed by atoms with E-state index < -0.39 is 0 Å². The summed E-state index contributed by atoms with van der Waals surface area (Å²) in [5.41, 5.74) is 6.60. The van der Waals surface area contributed by atoms with Crippen molar-refractivity contribution in [1.82, 2.24) is 9.97 Å². The summed E-state index contributed by atoms with van der Waals surface area (Å²) in [5, 5.41) is 3.40. The molecule has 2 rings (SSSR count). The Balaban J connectivity index is 2.08. The van der Waals surface area contributed by atoms with Crippen LogP contribution in [0.5, 0.6) is 5.88 Å². The molecule has 3 N–H and O–H groups in total. The first-order valence-corrected chi connectivity index (χ1v) is 7.51. The summed E-state index contributed by atoms with van der Waals surface area (Å²) in [6.07, 6.45) is 2.72. The number of rotatable bonds is 6. The normalized spacial score (nSPS) is 23.7. The van der Waals surface area contributed by atoms with E-state index in [1.165, 1.54) is 6.33 Å². The minimum absolute atomic E-state index is 0.0255. The molecule has 0 amide bonds. The summed E-state index contributed by atoms with van der Waals surface area (Å²) in [6, 6.07) is 0.276. The number of nitrogens with one attached hydrogen (secondary N) is 1. The molecule has 2 atom stereocenters. The molecule has 1 heterocycles. The monoisotopic (exact) mass is 294 g/mol. The van der Waals surface area contributed by atoms with Gasteiger partial charge in [-0.05, 0) is 27.2 Å². The minimum atomic E-state index is 0.0255. The number of ether oxygens (including phenoxy) is 2. The maximum Gasteiger partial charge on any atom is 0.242 e. The topological polar surface area (TPSA) is 82.3 Å². The SMILES string of the molecule is CCOC1CC(Nc2ncnc(OC(C)C)c2N)C1(C)C. The number of aromatic nitrogens is 2. The van der Waals surface area contributed by atoms with Crippen LogP contribution in [-0.2, 0) is 4.74 Å². The molecule has 0 bridgehead atoms. The van der Waals surface area contributed by atoms with E-state index in [-0.39, 0.29) is 23.7 Å². The second-order valence-corrected chi connectivity index (χ2v) is 6.31. The third-order valence-electron chi connectivity index (χ3n) is 4.05. The molecule has 0 aliphatic heterocycles. The van der Waals surface area contributed by atoms with Crippen LogP contribution in [0.2, 0.25) is 0 Å². The van der Waals surface area contributed by atoms with Crippen molar-refractivity contribution in [3.05, 3.63) is 6.33 Å². The van der Waals surface area contributed by atoms with Gasteiger partial charge in [0.25, 0.3) is 0 Å². The van der Waals surface area contributed by atoms with Crippen molar-refractivity contribution in [2.45, 2.75) is 59.3 Å². The molecule has 1 aliphatic rings. The average Bonchev–Trinajstić information content (AvgIpc) is 2.41. The molecular weight excluding hydrogens is 268 g/mol. The molecule has 1 fully saturated rings. The molecule has 0 spiro atoms. The highest BCUT2D eigenvalue weighted by molar-refractivity contribution is 5.67. The van der Waals surface area contributed by atoms with Crippen LogP contribution in [0.4, 0.5) is 11.5 Å². The number of anilines is 2. The Morgan fingerprint density at radius 2 is 2.14 bits per heavy atom. The molecule has 0 radical (unpaired) electrons. The van der Waals surface area contributed by atoms with Gasteiger partial charge in [-0.25, -0.2) is 4.98 Å². The highest BCUT2D eigenvalue weighted by atomic mass is 16.5. The lowest BCUT2D eigenvalue weighted by atomic mass is 9.64. The van der Waals surface area contributed by atoms with Gasteiger partial charge in [0.2, 0.25) is 5.88 Å². The fourth-order valence-electron chi connectivity index (χ4n) is 2.59. The first-order chi connectivity index (χ1) is 9.86. The molecule has 0 aromatic carbocycles. The molecule has 118 valence electrons. The van der Waals surface area contributed by atoms with E-state index in [1.807, 2.05) is 20.8 Å². The van der Waals surface area contributed by atoms with Gasteiger partial charge in [-0.3, -0.25) is 0 Å². The van der Waals surface area contributed by atoms with Crippen molar-refractivity contribution >= 4 is 11.5 Å². The van der Waals surface area contributed by atoms with Crippen molar-refractivity contribution < 1.29 is 9.47 Å². The maximum atomic E-state index is 6.10. The van der Waals surface area contributed by atoms with Crippen molar-refractivity contribution in [1.29, 1.82) is 0 Å². The Labute approximate surface area is 126 Å². The predicted molar refractivity (Wildman–Crippen MR) is 83.4 cm³/mol. The Morgan fingerprint density at radius 1 is 1.43 bits per heavy atom. The van der Waals surface area contributed by atoms with Crippen LogP contribution in [0, 0.1) is 5.41 Å². The van der Waals surface area contributed by atoms with Gasteiger partial charge in [0.05, 0.1) is 12.2 Å². The average molecular weight is 294 g/mol. The van der Waals surface area contributed by atoms with E-state index in [0.717, 1.165) is 13.0 Å². The third kappa shape index (κ3) is 3.20. The fourth-order valence-corrected chi connectivity index (χ4v) is 2.59. The van der Waals surface area contributed by atoms with Crippen LogP contribution in [-0.4, -0.2) is 34.8 Å². The minimum Gasteiger partial charge on any atom is -0.473 e. The number of nitrogen functional groups attached to an aromatic ring is 1. The van der Waals surface area contributed by atoms with Gasteiger partial charge in [0.15, 0.2) is 5.82 Å². The number of nitrogens with zero attached hydrogens (tertiary/aromatic N) is 2. The van der Waals surface area contributed by atoms with Crippen LogP contribution in [0.15, 0.2) is 6.33 Å². The van der Waals surface area contributed by atoms with Crippen molar-refractivity contribution in [2.75, 3.05) is 17.7 Å². The Bertz CT molecular complexity index is 491. The highest BCUT2D eigenvalue weighted by Gasteiger charge is 2.49.